The SMILES string of the molecule is B[C@@H]1O[C@H](CC(C)(C)OP(=O)(O)C(C)(O)CC)C(O)[C@@H]1O. The van der Waals surface area contributed by atoms with Gasteiger partial charge in [-0.25, -0.2) is 0 Å². The van der Waals surface area contributed by atoms with E-state index < -0.39 is 42.9 Å². The fourth-order valence-corrected chi connectivity index (χ4v) is 3.60. The second-order valence-electron chi connectivity index (χ2n) is 6.51. The first kappa shape index (κ1) is 19.1. The average Bonchev–Trinajstić information content (AvgIpc) is 2.54. The maximum Gasteiger partial charge on any atom is 0.359 e. The summed E-state index contributed by atoms with van der Waals surface area (Å²) in [6.07, 6.45) is -2.59. The number of ether oxygens (including phenoxy) is 1. The van der Waals surface area contributed by atoms with E-state index in [1.165, 1.54) is 6.92 Å². The van der Waals surface area contributed by atoms with Crippen molar-refractivity contribution in [3.05, 3.63) is 0 Å². The van der Waals surface area contributed by atoms with Crippen molar-refractivity contribution in [1.29, 1.82) is 0 Å². The molecule has 3 unspecified atom stereocenters. The lowest BCUT2D eigenvalue weighted by molar-refractivity contribution is -0.0359. The minimum atomic E-state index is -4.27. The molecule has 0 amide bonds. The third kappa shape index (κ3) is 4.29. The molecule has 0 saturated carbocycles. The Balaban J connectivity index is 2.77. The van der Waals surface area contributed by atoms with Crippen LogP contribution in [-0.4, -0.2) is 63.3 Å². The zero-order chi connectivity index (χ0) is 16.6. The number of aliphatic hydroxyl groups excluding tert-OH is 2. The van der Waals surface area contributed by atoms with Crippen LogP contribution in [0, 0.1) is 0 Å². The molecule has 0 spiro atoms. The van der Waals surface area contributed by atoms with Crippen LogP contribution >= 0.6 is 7.60 Å². The average molecular weight is 324 g/mol. The highest BCUT2D eigenvalue weighted by Gasteiger charge is 2.48. The van der Waals surface area contributed by atoms with Crippen molar-refractivity contribution in [2.24, 2.45) is 0 Å². The summed E-state index contributed by atoms with van der Waals surface area (Å²) in [7, 11) is -2.63. The van der Waals surface area contributed by atoms with Gasteiger partial charge in [-0.1, -0.05) is 6.92 Å². The third-order valence-corrected chi connectivity index (χ3v) is 6.22. The molecule has 0 aliphatic carbocycles. The molecule has 0 bridgehead atoms. The smallest absolute Gasteiger partial charge is 0.359 e. The molecule has 1 rings (SSSR count). The molecule has 124 valence electrons. The number of rotatable bonds is 6. The number of hydrogen-bond donors (Lipinski definition) is 4. The molecule has 7 nitrogen and oxygen atoms in total. The molecule has 21 heavy (non-hydrogen) atoms. The minimum Gasteiger partial charge on any atom is -0.388 e. The van der Waals surface area contributed by atoms with Gasteiger partial charge in [-0.3, -0.25) is 4.57 Å². The summed E-state index contributed by atoms with van der Waals surface area (Å²) in [4.78, 5) is 9.95. The van der Waals surface area contributed by atoms with Crippen molar-refractivity contribution in [2.75, 3.05) is 0 Å². The first-order chi connectivity index (χ1) is 9.33. The highest BCUT2D eigenvalue weighted by atomic mass is 31.2. The molecule has 1 heterocycles. The van der Waals surface area contributed by atoms with Gasteiger partial charge in [0.15, 0.2) is 5.34 Å². The number of hydrogen-bond acceptors (Lipinski definition) is 6. The largest absolute Gasteiger partial charge is 0.388 e. The van der Waals surface area contributed by atoms with Gasteiger partial charge in [0.2, 0.25) is 0 Å². The van der Waals surface area contributed by atoms with Gasteiger partial charge >= 0.3 is 7.60 Å². The molecule has 0 aromatic heterocycles. The topological polar surface area (TPSA) is 116 Å². The monoisotopic (exact) mass is 324 g/mol. The standard InChI is InChI=1S/C12H26BO7P/c1-5-12(4,16)21(17,18)20-11(2,3)6-7-8(14)9(15)10(13)19-7/h7-10,14-16H,5-6,13H2,1-4H3,(H,17,18)/t7-,8?,9+,10-,12?/m1/s1. The van der Waals surface area contributed by atoms with Gasteiger partial charge in [0.05, 0.1) is 17.7 Å². The molecular weight excluding hydrogens is 298 g/mol. The van der Waals surface area contributed by atoms with Gasteiger partial charge < -0.3 is 29.5 Å². The second kappa shape index (κ2) is 6.28. The molecule has 1 fully saturated rings. The van der Waals surface area contributed by atoms with E-state index in [0.717, 1.165) is 0 Å². The van der Waals surface area contributed by atoms with Gasteiger partial charge in [-0.15, -0.1) is 0 Å². The van der Waals surface area contributed by atoms with Crippen molar-refractivity contribution < 1.29 is 34.0 Å². The van der Waals surface area contributed by atoms with E-state index in [-0.39, 0.29) is 12.8 Å². The van der Waals surface area contributed by atoms with Crippen LogP contribution in [0.3, 0.4) is 0 Å². The van der Waals surface area contributed by atoms with Gasteiger partial charge in [-0.05, 0) is 27.2 Å². The Morgan fingerprint density at radius 1 is 1.29 bits per heavy atom. The Morgan fingerprint density at radius 3 is 2.19 bits per heavy atom. The third-order valence-electron chi connectivity index (χ3n) is 3.94. The van der Waals surface area contributed by atoms with Crippen LogP contribution < -0.4 is 0 Å². The first-order valence-corrected chi connectivity index (χ1v) is 8.68. The van der Waals surface area contributed by atoms with Crippen LogP contribution in [0.1, 0.15) is 40.5 Å². The maximum absolute atomic E-state index is 12.2. The van der Waals surface area contributed by atoms with Crippen LogP contribution in [0.15, 0.2) is 0 Å². The van der Waals surface area contributed by atoms with E-state index >= 15 is 0 Å². The van der Waals surface area contributed by atoms with Crippen LogP contribution in [-0.2, 0) is 13.8 Å². The van der Waals surface area contributed by atoms with Crippen molar-refractivity contribution in [2.45, 2.75) is 75.8 Å². The van der Waals surface area contributed by atoms with E-state index in [4.69, 9.17) is 9.26 Å². The van der Waals surface area contributed by atoms with Crippen LogP contribution in [0.5, 0.6) is 0 Å². The molecule has 0 aromatic carbocycles. The normalized spacial score (nSPS) is 36.2. The second-order valence-corrected chi connectivity index (χ2v) is 8.69. The van der Waals surface area contributed by atoms with Crippen molar-refractivity contribution >= 4 is 15.4 Å². The quantitative estimate of drug-likeness (QED) is 0.386. The summed E-state index contributed by atoms with van der Waals surface area (Å²) in [5.41, 5.74) is -1.11. The zero-order valence-corrected chi connectivity index (χ0v) is 14.1. The lowest BCUT2D eigenvalue weighted by Gasteiger charge is -2.35. The highest BCUT2D eigenvalue weighted by Crippen LogP contribution is 2.58. The summed E-state index contributed by atoms with van der Waals surface area (Å²) in [5.74, 6) is 0. The summed E-state index contributed by atoms with van der Waals surface area (Å²) >= 11 is 0. The molecule has 9 heteroatoms. The van der Waals surface area contributed by atoms with E-state index in [1.807, 2.05) is 0 Å². The molecule has 4 N–H and O–H groups in total. The summed E-state index contributed by atoms with van der Waals surface area (Å²) in [6.45, 7) is 5.98. The fourth-order valence-electron chi connectivity index (χ4n) is 2.26. The lowest BCUT2D eigenvalue weighted by atomic mass is 9.91. The maximum atomic E-state index is 12.2. The highest BCUT2D eigenvalue weighted by molar-refractivity contribution is 7.54. The fraction of sp³-hybridized carbons (Fsp3) is 1.00. The van der Waals surface area contributed by atoms with E-state index in [2.05, 4.69) is 0 Å². The zero-order valence-electron chi connectivity index (χ0n) is 13.2. The molecule has 1 aliphatic rings. The van der Waals surface area contributed by atoms with Crippen molar-refractivity contribution in [1.82, 2.24) is 0 Å². The molecule has 0 aromatic rings. The molecular formula is C12H26BO7P. The lowest BCUT2D eigenvalue weighted by Crippen LogP contribution is -2.38. The van der Waals surface area contributed by atoms with E-state index in [1.54, 1.807) is 28.6 Å². The molecule has 0 radical (unpaired) electrons. The van der Waals surface area contributed by atoms with Crippen molar-refractivity contribution in [3.63, 3.8) is 0 Å². The van der Waals surface area contributed by atoms with Gasteiger partial charge in [0.25, 0.3) is 0 Å². The first-order valence-electron chi connectivity index (χ1n) is 7.10. The Labute approximate surface area is 126 Å². The predicted octanol–water partition coefficient (Wildman–Crippen LogP) is -0.445. The van der Waals surface area contributed by atoms with Gasteiger partial charge in [-0.2, -0.15) is 0 Å². The van der Waals surface area contributed by atoms with Crippen LogP contribution in [0.2, 0.25) is 0 Å². The van der Waals surface area contributed by atoms with Gasteiger partial charge in [0.1, 0.15) is 20.1 Å². The van der Waals surface area contributed by atoms with Crippen LogP contribution in [0.4, 0.5) is 0 Å². The molecule has 1 saturated heterocycles. The Bertz CT molecular complexity index is 414. The van der Waals surface area contributed by atoms with E-state index in [9.17, 15) is 24.8 Å². The Hall–Kier alpha value is 0.0549. The summed E-state index contributed by atoms with van der Waals surface area (Å²) in [5, 5.41) is 27.7. The summed E-state index contributed by atoms with van der Waals surface area (Å²) < 4.78 is 22.9. The van der Waals surface area contributed by atoms with E-state index in [0.29, 0.717) is 0 Å². The predicted molar refractivity (Wildman–Crippen MR) is 79.7 cm³/mol. The molecule has 1 aliphatic heterocycles. The minimum absolute atomic E-state index is 0.0646. The summed E-state index contributed by atoms with van der Waals surface area (Å²) in [6, 6.07) is -0.513. The Morgan fingerprint density at radius 2 is 1.81 bits per heavy atom. The Kier molecular flexibility index (Phi) is 5.71. The molecule has 6 atom stereocenters. The number of aliphatic hydroxyl groups is 3. The van der Waals surface area contributed by atoms with Crippen LogP contribution in [0.25, 0.3) is 0 Å². The van der Waals surface area contributed by atoms with Crippen molar-refractivity contribution in [3.8, 4) is 0 Å². The van der Waals surface area contributed by atoms with Gasteiger partial charge in [0, 0.05) is 6.42 Å².